The van der Waals surface area contributed by atoms with Gasteiger partial charge < -0.3 is 9.84 Å². The van der Waals surface area contributed by atoms with Crippen LogP contribution < -0.4 is 0 Å². The second kappa shape index (κ2) is 3.47. The standard InChI is InChI=1S/C12H10ClNO3/c13-8-3-1-7(2-4-8)10-14-12(5-6-12)9(17-10)11(15)16/h1-4,9H,5-6H2,(H,15,16)/t9-/m0/s1. The van der Waals surface area contributed by atoms with Gasteiger partial charge in [0.05, 0.1) is 0 Å². The second-order valence-corrected chi connectivity index (χ2v) is 4.80. The predicted octanol–water partition coefficient (Wildman–Crippen LogP) is 2.10. The average Bonchev–Trinajstić information content (AvgIpc) is 2.93. The Labute approximate surface area is 103 Å². The SMILES string of the molecule is O=C(O)[C@@H]1OC(c2ccc(Cl)cc2)=NC12CC2. The fraction of sp³-hybridized carbons (Fsp3) is 0.333. The van der Waals surface area contributed by atoms with Crippen LogP contribution >= 0.6 is 11.6 Å². The zero-order chi connectivity index (χ0) is 12.0. The Bertz CT molecular complexity index is 505. The first kappa shape index (κ1) is 10.6. The number of ether oxygens (including phenoxy) is 1. The Morgan fingerprint density at radius 1 is 1.41 bits per heavy atom. The number of carboxylic acid groups (broad SMARTS) is 1. The smallest absolute Gasteiger partial charge is 0.347 e. The van der Waals surface area contributed by atoms with Gasteiger partial charge >= 0.3 is 5.97 Å². The number of carboxylic acids is 1. The number of hydrogen-bond acceptors (Lipinski definition) is 3. The maximum absolute atomic E-state index is 11.1. The third-order valence-electron chi connectivity index (χ3n) is 3.12. The number of nitrogens with zero attached hydrogens (tertiary/aromatic N) is 1. The molecule has 0 bridgehead atoms. The van der Waals surface area contributed by atoms with Crippen LogP contribution in [0.4, 0.5) is 0 Å². The molecule has 4 nitrogen and oxygen atoms in total. The Balaban J connectivity index is 1.91. The molecule has 88 valence electrons. The predicted molar refractivity (Wildman–Crippen MR) is 62.5 cm³/mol. The fourth-order valence-corrected chi connectivity index (χ4v) is 2.14. The van der Waals surface area contributed by atoms with E-state index in [1.165, 1.54) is 0 Å². The van der Waals surface area contributed by atoms with Crippen molar-refractivity contribution in [3.63, 3.8) is 0 Å². The van der Waals surface area contributed by atoms with E-state index in [1.54, 1.807) is 24.3 Å². The van der Waals surface area contributed by atoms with Crippen molar-refractivity contribution in [1.82, 2.24) is 0 Å². The first-order chi connectivity index (χ1) is 8.11. The maximum Gasteiger partial charge on any atom is 0.347 e. The summed E-state index contributed by atoms with van der Waals surface area (Å²) in [5.41, 5.74) is 0.255. The van der Waals surface area contributed by atoms with Gasteiger partial charge in [-0.2, -0.15) is 0 Å². The number of rotatable bonds is 2. The van der Waals surface area contributed by atoms with Gasteiger partial charge in [0, 0.05) is 10.6 Å². The molecular weight excluding hydrogens is 242 g/mol. The highest BCUT2D eigenvalue weighted by molar-refractivity contribution is 6.30. The van der Waals surface area contributed by atoms with E-state index in [4.69, 9.17) is 21.4 Å². The molecule has 0 unspecified atom stereocenters. The van der Waals surface area contributed by atoms with Gasteiger partial charge in [0.2, 0.25) is 12.0 Å². The minimum Gasteiger partial charge on any atom is -0.478 e. The summed E-state index contributed by atoms with van der Waals surface area (Å²) < 4.78 is 5.43. The highest BCUT2D eigenvalue weighted by Crippen LogP contribution is 2.48. The number of aliphatic carboxylic acids is 1. The number of aliphatic imine (C=N–C) groups is 1. The van der Waals surface area contributed by atoms with Crippen LogP contribution in [-0.2, 0) is 9.53 Å². The van der Waals surface area contributed by atoms with Crippen molar-refractivity contribution in [3.05, 3.63) is 34.9 Å². The van der Waals surface area contributed by atoms with Gasteiger partial charge in [-0.25, -0.2) is 9.79 Å². The van der Waals surface area contributed by atoms with E-state index in [9.17, 15) is 4.79 Å². The minimum atomic E-state index is -0.949. The number of carbonyl (C=O) groups is 1. The summed E-state index contributed by atoms with van der Waals surface area (Å²) >= 11 is 5.79. The highest BCUT2D eigenvalue weighted by atomic mass is 35.5. The van der Waals surface area contributed by atoms with Gasteiger partial charge in [0.15, 0.2) is 0 Å². The van der Waals surface area contributed by atoms with Crippen LogP contribution in [0.15, 0.2) is 29.3 Å². The third kappa shape index (κ3) is 1.69. The van der Waals surface area contributed by atoms with Crippen LogP contribution in [0.5, 0.6) is 0 Å². The Morgan fingerprint density at radius 3 is 2.53 bits per heavy atom. The van der Waals surface area contributed by atoms with Crippen LogP contribution in [0.1, 0.15) is 18.4 Å². The largest absolute Gasteiger partial charge is 0.478 e. The molecule has 1 aromatic carbocycles. The molecule has 1 fully saturated rings. The summed E-state index contributed by atoms with van der Waals surface area (Å²) in [6, 6.07) is 7.02. The van der Waals surface area contributed by atoms with E-state index >= 15 is 0 Å². The summed E-state index contributed by atoms with van der Waals surface area (Å²) in [5, 5.41) is 9.71. The summed E-state index contributed by atoms with van der Waals surface area (Å²) in [5.74, 6) is -0.540. The highest BCUT2D eigenvalue weighted by Gasteiger charge is 2.59. The molecule has 17 heavy (non-hydrogen) atoms. The maximum atomic E-state index is 11.1. The van der Waals surface area contributed by atoms with E-state index in [1.807, 2.05) is 0 Å². The number of halogens is 1. The normalized spacial score (nSPS) is 24.3. The van der Waals surface area contributed by atoms with Crippen molar-refractivity contribution in [1.29, 1.82) is 0 Å². The molecule has 1 aromatic rings. The topological polar surface area (TPSA) is 58.9 Å². The molecule has 1 saturated carbocycles. The van der Waals surface area contributed by atoms with Crippen LogP contribution in [0.25, 0.3) is 0 Å². The molecular formula is C12H10ClNO3. The van der Waals surface area contributed by atoms with Crippen LogP contribution in [0, 0.1) is 0 Å². The van der Waals surface area contributed by atoms with Gasteiger partial charge in [-0.15, -0.1) is 0 Å². The number of hydrogen-bond donors (Lipinski definition) is 1. The van der Waals surface area contributed by atoms with Crippen LogP contribution in [0.2, 0.25) is 5.02 Å². The van der Waals surface area contributed by atoms with Crippen molar-refractivity contribution in [2.24, 2.45) is 4.99 Å². The molecule has 1 aliphatic heterocycles. The average molecular weight is 252 g/mol. The fourth-order valence-electron chi connectivity index (χ4n) is 2.02. The zero-order valence-corrected chi connectivity index (χ0v) is 9.65. The van der Waals surface area contributed by atoms with Gasteiger partial charge in [-0.3, -0.25) is 0 Å². The van der Waals surface area contributed by atoms with Crippen molar-refractivity contribution in [3.8, 4) is 0 Å². The van der Waals surface area contributed by atoms with Crippen molar-refractivity contribution >= 4 is 23.5 Å². The van der Waals surface area contributed by atoms with E-state index in [0.717, 1.165) is 18.4 Å². The third-order valence-corrected chi connectivity index (χ3v) is 3.37. The molecule has 1 atom stereocenters. The van der Waals surface area contributed by atoms with E-state index in [-0.39, 0.29) is 0 Å². The lowest BCUT2D eigenvalue weighted by molar-refractivity contribution is -0.146. The summed E-state index contributed by atoms with van der Waals surface area (Å²) in [6.07, 6.45) is 0.718. The van der Waals surface area contributed by atoms with Gasteiger partial charge in [-0.1, -0.05) is 11.6 Å². The summed E-state index contributed by atoms with van der Waals surface area (Å²) in [4.78, 5) is 15.5. The van der Waals surface area contributed by atoms with Crippen LogP contribution in [0.3, 0.4) is 0 Å². The number of benzene rings is 1. The first-order valence-corrected chi connectivity index (χ1v) is 5.74. The van der Waals surface area contributed by atoms with Crippen LogP contribution in [-0.4, -0.2) is 28.6 Å². The molecule has 2 aliphatic rings. The molecule has 0 amide bonds. The minimum absolute atomic E-state index is 0.409. The lowest BCUT2D eigenvalue weighted by atomic mass is 10.1. The molecule has 3 rings (SSSR count). The monoisotopic (exact) mass is 251 g/mol. The van der Waals surface area contributed by atoms with Gasteiger partial charge in [0.25, 0.3) is 0 Å². The first-order valence-electron chi connectivity index (χ1n) is 5.36. The summed E-state index contributed by atoms with van der Waals surface area (Å²) in [6.45, 7) is 0. The lowest BCUT2D eigenvalue weighted by Gasteiger charge is -2.10. The van der Waals surface area contributed by atoms with Gasteiger partial charge in [-0.05, 0) is 37.1 Å². The van der Waals surface area contributed by atoms with E-state index < -0.39 is 17.6 Å². The molecule has 1 heterocycles. The van der Waals surface area contributed by atoms with Crippen molar-refractivity contribution < 1.29 is 14.6 Å². The van der Waals surface area contributed by atoms with Crippen molar-refractivity contribution in [2.75, 3.05) is 0 Å². The molecule has 5 heteroatoms. The Kier molecular flexibility index (Phi) is 2.16. The Morgan fingerprint density at radius 2 is 2.06 bits per heavy atom. The molecule has 0 aromatic heterocycles. The van der Waals surface area contributed by atoms with E-state index in [0.29, 0.717) is 10.9 Å². The van der Waals surface area contributed by atoms with E-state index in [2.05, 4.69) is 4.99 Å². The molecule has 1 aliphatic carbocycles. The summed E-state index contributed by atoms with van der Waals surface area (Å²) in [7, 11) is 0. The lowest BCUT2D eigenvalue weighted by Crippen LogP contribution is -2.32. The van der Waals surface area contributed by atoms with Crippen molar-refractivity contribution in [2.45, 2.75) is 24.5 Å². The van der Waals surface area contributed by atoms with Gasteiger partial charge in [0.1, 0.15) is 5.54 Å². The quantitative estimate of drug-likeness (QED) is 0.876. The molecule has 0 radical (unpaired) electrons. The molecule has 1 N–H and O–H groups in total. The molecule has 0 saturated heterocycles. The Hall–Kier alpha value is -1.55. The second-order valence-electron chi connectivity index (χ2n) is 4.36. The zero-order valence-electron chi connectivity index (χ0n) is 8.89. The molecule has 1 spiro atoms.